The summed E-state index contributed by atoms with van der Waals surface area (Å²) in [5, 5.41) is 0. The predicted molar refractivity (Wildman–Crippen MR) is 96.2 cm³/mol. The van der Waals surface area contributed by atoms with Crippen molar-refractivity contribution in [3.8, 4) is 0 Å². The van der Waals surface area contributed by atoms with E-state index in [0.29, 0.717) is 19.4 Å². The van der Waals surface area contributed by atoms with Gasteiger partial charge in [-0.1, -0.05) is 30.3 Å². The largest absolute Gasteiger partial charge is 0.379 e. The zero-order valence-corrected chi connectivity index (χ0v) is 15.3. The van der Waals surface area contributed by atoms with E-state index in [9.17, 15) is 13.2 Å². The van der Waals surface area contributed by atoms with E-state index in [2.05, 4.69) is 4.90 Å². The van der Waals surface area contributed by atoms with E-state index in [1.165, 1.54) is 0 Å². The van der Waals surface area contributed by atoms with Crippen LogP contribution in [0, 0.1) is 0 Å². The van der Waals surface area contributed by atoms with E-state index in [1.807, 2.05) is 30.3 Å². The minimum Gasteiger partial charge on any atom is -0.379 e. The first-order valence-electron chi connectivity index (χ1n) is 8.87. The van der Waals surface area contributed by atoms with Crippen LogP contribution in [0.4, 0.5) is 0 Å². The van der Waals surface area contributed by atoms with Gasteiger partial charge in [-0.15, -0.1) is 0 Å². The highest BCUT2D eigenvalue weighted by atomic mass is 32.2. The number of rotatable bonds is 6. The van der Waals surface area contributed by atoms with Crippen LogP contribution in [0.15, 0.2) is 30.3 Å². The molecule has 7 heteroatoms. The first kappa shape index (κ1) is 18.4. The zero-order valence-electron chi connectivity index (χ0n) is 14.5. The van der Waals surface area contributed by atoms with Crippen LogP contribution in [0.3, 0.4) is 0 Å². The van der Waals surface area contributed by atoms with Gasteiger partial charge in [0.25, 0.3) is 0 Å². The number of carbonyl (C=O) groups is 1. The minimum absolute atomic E-state index is 0.0153. The number of nitrogens with zero attached hydrogens (tertiary/aromatic N) is 2. The first-order valence-corrected chi connectivity index (χ1v) is 10.7. The van der Waals surface area contributed by atoms with Crippen molar-refractivity contribution in [3.05, 3.63) is 35.9 Å². The molecule has 0 bridgehead atoms. The van der Waals surface area contributed by atoms with E-state index >= 15 is 0 Å². The van der Waals surface area contributed by atoms with Crippen LogP contribution in [-0.2, 0) is 25.8 Å². The maximum absolute atomic E-state index is 12.9. The molecule has 2 saturated heterocycles. The summed E-state index contributed by atoms with van der Waals surface area (Å²) in [5.41, 5.74) is 0.963. The standard InChI is InChI=1S/C18H26N2O4S/c21-18(14-16-4-2-1-3-5-16)20(17-6-13-25(22,23)15-17)8-7-19-9-11-24-12-10-19/h1-5,17H,6-15H2. The molecule has 0 saturated carbocycles. The Labute approximate surface area is 149 Å². The lowest BCUT2D eigenvalue weighted by Crippen LogP contribution is -2.47. The topological polar surface area (TPSA) is 66.9 Å². The first-order chi connectivity index (χ1) is 12.0. The molecule has 1 amide bonds. The normalized spacial score (nSPS) is 23.4. The van der Waals surface area contributed by atoms with Crippen molar-refractivity contribution in [2.24, 2.45) is 0 Å². The summed E-state index contributed by atoms with van der Waals surface area (Å²) >= 11 is 0. The minimum atomic E-state index is -3.02. The molecule has 1 unspecified atom stereocenters. The van der Waals surface area contributed by atoms with E-state index in [-0.39, 0.29) is 23.5 Å². The Morgan fingerprint density at radius 3 is 2.56 bits per heavy atom. The molecular weight excluding hydrogens is 340 g/mol. The molecule has 2 aliphatic heterocycles. The van der Waals surface area contributed by atoms with Gasteiger partial charge in [0.2, 0.25) is 5.91 Å². The van der Waals surface area contributed by atoms with Crippen LogP contribution < -0.4 is 0 Å². The lowest BCUT2D eigenvalue weighted by atomic mass is 10.1. The number of benzene rings is 1. The molecule has 25 heavy (non-hydrogen) atoms. The molecule has 0 radical (unpaired) electrons. The molecule has 1 aromatic rings. The Morgan fingerprint density at radius 1 is 1.20 bits per heavy atom. The molecule has 2 heterocycles. The summed E-state index contributed by atoms with van der Waals surface area (Å²) in [5.74, 6) is 0.294. The number of sulfone groups is 1. The average Bonchev–Trinajstić information content (AvgIpc) is 2.96. The van der Waals surface area contributed by atoms with Crippen molar-refractivity contribution < 1.29 is 17.9 Å². The molecule has 1 aromatic carbocycles. The predicted octanol–water partition coefficient (Wildman–Crippen LogP) is 0.577. The van der Waals surface area contributed by atoms with Crippen molar-refractivity contribution in [1.82, 2.24) is 9.80 Å². The third kappa shape index (κ3) is 5.26. The van der Waals surface area contributed by atoms with Gasteiger partial charge >= 0.3 is 0 Å². The van der Waals surface area contributed by atoms with Crippen LogP contribution in [0.25, 0.3) is 0 Å². The molecule has 2 fully saturated rings. The summed E-state index contributed by atoms with van der Waals surface area (Å²) in [6, 6.07) is 9.43. The van der Waals surface area contributed by atoms with Gasteiger partial charge in [-0.3, -0.25) is 9.69 Å². The molecular formula is C18H26N2O4S. The van der Waals surface area contributed by atoms with Gasteiger partial charge in [0.1, 0.15) is 0 Å². The number of carbonyl (C=O) groups excluding carboxylic acids is 1. The van der Waals surface area contributed by atoms with Gasteiger partial charge in [-0.05, 0) is 12.0 Å². The van der Waals surface area contributed by atoms with Crippen LogP contribution in [0.5, 0.6) is 0 Å². The van der Waals surface area contributed by atoms with Crippen molar-refractivity contribution in [1.29, 1.82) is 0 Å². The fraction of sp³-hybridized carbons (Fsp3) is 0.611. The monoisotopic (exact) mass is 366 g/mol. The van der Waals surface area contributed by atoms with Crippen molar-refractivity contribution in [2.75, 3.05) is 50.9 Å². The van der Waals surface area contributed by atoms with Crippen LogP contribution in [-0.4, -0.2) is 81.1 Å². The highest BCUT2D eigenvalue weighted by Crippen LogP contribution is 2.19. The quantitative estimate of drug-likeness (QED) is 0.737. The third-order valence-corrected chi connectivity index (χ3v) is 6.68. The SMILES string of the molecule is O=C(Cc1ccccc1)N(CCN1CCOCC1)C1CCS(=O)(=O)C1. The molecule has 0 aromatic heterocycles. The van der Waals surface area contributed by atoms with E-state index < -0.39 is 9.84 Å². The zero-order chi connectivity index (χ0) is 17.7. The summed E-state index contributed by atoms with van der Waals surface area (Å²) in [6.45, 7) is 4.51. The fourth-order valence-electron chi connectivity index (χ4n) is 3.48. The molecule has 0 spiro atoms. The molecule has 2 aliphatic rings. The maximum atomic E-state index is 12.9. The molecule has 1 atom stereocenters. The van der Waals surface area contributed by atoms with Gasteiger partial charge in [-0.25, -0.2) is 8.42 Å². The summed E-state index contributed by atoms with van der Waals surface area (Å²) < 4.78 is 29.1. The van der Waals surface area contributed by atoms with Crippen LogP contribution >= 0.6 is 0 Å². The van der Waals surface area contributed by atoms with Gasteiger partial charge in [0, 0.05) is 32.2 Å². The Kier molecular flexibility index (Phi) is 6.09. The molecule has 6 nitrogen and oxygen atoms in total. The maximum Gasteiger partial charge on any atom is 0.227 e. The fourth-order valence-corrected chi connectivity index (χ4v) is 5.21. The Morgan fingerprint density at radius 2 is 1.92 bits per heavy atom. The van der Waals surface area contributed by atoms with Gasteiger partial charge < -0.3 is 9.64 Å². The van der Waals surface area contributed by atoms with Gasteiger partial charge in [-0.2, -0.15) is 0 Å². The summed E-state index contributed by atoms with van der Waals surface area (Å²) in [7, 11) is -3.02. The Bertz CT molecular complexity index is 672. The Hall–Kier alpha value is -1.44. The van der Waals surface area contributed by atoms with Crippen LogP contribution in [0.1, 0.15) is 12.0 Å². The Balaban J connectivity index is 1.66. The smallest absolute Gasteiger partial charge is 0.227 e. The van der Waals surface area contributed by atoms with Crippen molar-refractivity contribution in [3.63, 3.8) is 0 Å². The van der Waals surface area contributed by atoms with Gasteiger partial charge in [0.05, 0.1) is 31.1 Å². The van der Waals surface area contributed by atoms with E-state index in [1.54, 1.807) is 4.90 Å². The third-order valence-electron chi connectivity index (χ3n) is 4.93. The number of hydrogen-bond acceptors (Lipinski definition) is 5. The average molecular weight is 366 g/mol. The molecule has 0 aliphatic carbocycles. The lowest BCUT2D eigenvalue weighted by molar-refractivity contribution is -0.132. The second-order valence-electron chi connectivity index (χ2n) is 6.76. The molecule has 138 valence electrons. The summed E-state index contributed by atoms with van der Waals surface area (Å²) in [4.78, 5) is 16.9. The van der Waals surface area contributed by atoms with E-state index in [0.717, 1.165) is 38.4 Å². The number of morpholine rings is 1. The van der Waals surface area contributed by atoms with Gasteiger partial charge in [0.15, 0.2) is 9.84 Å². The molecule has 3 rings (SSSR count). The second-order valence-corrected chi connectivity index (χ2v) is 8.99. The van der Waals surface area contributed by atoms with Crippen molar-refractivity contribution >= 4 is 15.7 Å². The highest BCUT2D eigenvalue weighted by Gasteiger charge is 2.34. The molecule has 0 N–H and O–H groups in total. The van der Waals surface area contributed by atoms with E-state index in [4.69, 9.17) is 4.74 Å². The second kappa shape index (κ2) is 8.29. The lowest BCUT2D eigenvalue weighted by Gasteiger charge is -2.33. The summed E-state index contributed by atoms with van der Waals surface area (Å²) in [6.07, 6.45) is 0.868. The van der Waals surface area contributed by atoms with Crippen LogP contribution in [0.2, 0.25) is 0 Å². The number of amides is 1. The number of ether oxygens (including phenoxy) is 1. The van der Waals surface area contributed by atoms with Crippen molar-refractivity contribution in [2.45, 2.75) is 18.9 Å². The highest BCUT2D eigenvalue weighted by molar-refractivity contribution is 7.91. The number of hydrogen-bond donors (Lipinski definition) is 0.